The largest absolute Gasteiger partial charge is 0.416 e. The first-order valence-corrected chi connectivity index (χ1v) is 6.86. The molecule has 1 aliphatic rings. The van der Waals surface area contributed by atoms with Crippen LogP contribution in [0, 0.1) is 5.92 Å². The van der Waals surface area contributed by atoms with E-state index in [1.807, 2.05) is 0 Å². The average molecular weight is 349 g/mol. The van der Waals surface area contributed by atoms with Crippen LogP contribution in [0.15, 0.2) is 28.9 Å². The molecule has 3 rings (SSSR count). The van der Waals surface area contributed by atoms with Gasteiger partial charge in [-0.25, -0.2) is 0 Å². The maximum absolute atomic E-state index is 12.9. The lowest BCUT2D eigenvalue weighted by Gasteiger charge is -2.13. The predicted molar refractivity (Wildman–Crippen MR) is 69.0 cm³/mol. The van der Waals surface area contributed by atoms with Crippen LogP contribution in [0.25, 0.3) is 11.3 Å². The summed E-state index contributed by atoms with van der Waals surface area (Å²) in [7, 11) is 0. The first-order chi connectivity index (χ1) is 11.1. The molecule has 24 heavy (non-hydrogen) atoms. The number of ketones is 1. The van der Waals surface area contributed by atoms with E-state index in [1.165, 1.54) is 0 Å². The van der Waals surface area contributed by atoms with Crippen LogP contribution in [0.5, 0.6) is 0 Å². The zero-order valence-electron chi connectivity index (χ0n) is 11.8. The summed E-state index contributed by atoms with van der Waals surface area (Å²) in [4.78, 5) is 12.1. The lowest BCUT2D eigenvalue weighted by molar-refractivity contribution is -0.143. The Hall–Kier alpha value is -2.32. The number of nitrogens with zero attached hydrogens (tertiary/aromatic N) is 1. The van der Waals surface area contributed by atoms with Crippen molar-refractivity contribution in [2.24, 2.45) is 5.92 Å². The zero-order valence-corrected chi connectivity index (χ0v) is 11.8. The van der Waals surface area contributed by atoms with Crippen molar-refractivity contribution in [2.45, 2.75) is 25.2 Å². The molecule has 1 fully saturated rings. The van der Waals surface area contributed by atoms with Crippen LogP contribution in [0.2, 0.25) is 0 Å². The topological polar surface area (TPSA) is 43.1 Å². The van der Waals surface area contributed by atoms with Crippen molar-refractivity contribution in [3.05, 3.63) is 41.1 Å². The van der Waals surface area contributed by atoms with Crippen LogP contribution in [0.3, 0.4) is 0 Å². The molecule has 0 unspecified atom stereocenters. The number of Topliss-reactive ketones (excluding diaryl/α,β-unsaturated/α-hetero) is 1. The molecule has 3 nitrogen and oxygen atoms in total. The fourth-order valence-electron chi connectivity index (χ4n) is 2.27. The molecule has 1 heterocycles. The third-order valence-corrected chi connectivity index (χ3v) is 3.63. The van der Waals surface area contributed by atoms with Crippen LogP contribution in [-0.2, 0) is 12.4 Å². The first kappa shape index (κ1) is 16.5. The fraction of sp³-hybridized carbons (Fsp3) is 0.333. The molecule has 1 aromatic heterocycles. The van der Waals surface area contributed by atoms with E-state index in [0.29, 0.717) is 25.0 Å². The molecule has 0 spiro atoms. The normalized spacial score (nSPS) is 15.6. The maximum atomic E-state index is 12.9. The van der Waals surface area contributed by atoms with Gasteiger partial charge in [0.2, 0.25) is 0 Å². The van der Waals surface area contributed by atoms with Crippen molar-refractivity contribution in [3.8, 4) is 11.3 Å². The molecule has 0 saturated heterocycles. The van der Waals surface area contributed by atoms with E-state index in [2.05, 4.69) is 5.16 Å². The highest BCUT2D eigenvalue weighted by Gasteiger charge is 2.38. The summed E-state index contributed by atoms with van der Waals surface area (Å²) in [6, 6.07) is 1.04. The van der Waals surface area contributed by atoms with Gasteiger partial charge in [0, 0.05) is 11.5 Å². The summed E-state index contributed by atoms with van der Waals surface area (Å²) in [5, 5.41) is 3.36. The van der Waals surface area contributed by atoms with Gasteiger partial charge >= 0.3 is 12.4 Å². The Morgan fingerprint density at radius 3 is 2.00 bits per heavy atom. The van der Waals surface area contributed by atoms with E-state index in [1.54, 1.807) is 0 Å². The molecular formula is C15H9F6NO2. The number of halogens is 6. The van der Waals surface area contributed by atoms with Crippen LogP contribution in [0.4, 0.5) is 26.3 Å². The predicted octanol–water partition coefficient (Wildman–Crippen LogP) is 4.97. The highest BCUT2D eigenvalue weighted by atomic mass is 19.4. The van der Waals surface area contributed by atoms with Crippen molar-refractivity contribution in [1.29, 1.82) is 0 Å². The summed E-state index contributed by atoms with van der Waals surface area (Å²) >= 11 is 0. The van der Waals surface area contributed by atoms with Gasteiger partial charge in [0.15, 0.2) is 11.5 Å². The highest BCUT2D eigenvalue weighted by Crippen LogP contribution is 2.40. The molecule has 0 radical (unpaired) electrons. The molecule has 1 aromatic carbocycles. The highest BCUT2D eigenvalue weighted by molar-refractivity contribution is 6.03. The molecule has 1 saturated carbocycles. The average Bonchev–Trinajstić information content (AvgIpc) is 3.21. The third kappa shape index (κ3) is 3.15. The lowest BCUT2D eigenvalue weighted by Crippen LogP contribution is -2.11. The Morgan fingerprint density at radius 2 is 1.54 bits per heavy atom. The molecule has 0 N–H and O–H groups in total. The first-order valence-electron chi connectivity index (χ1n) is 6.86. The zero-order chi connectivity index (χ0) is 17.7. The number of carbonyl (C=O) groups is 1. The van der Waals surface area contributed by atoms with Crippen LogP contribution in [0.1, 0.15) is 34.3 Å². The standard InChI is InChI=1S/C15H9F6NO2/c16-14(17,18)9-3-8(4-10(5-9)15(19,20)21)13-11(6-22-24-13)12(23)7-1-2-7/h3-7H,1-2H2. The van der Waals surface area contributed by atoms with Gasteiger partial charge in [0.05, 0.1) is 22.9 Å². The van der Waals surface area contributed by atoms with E-state index < -0.39 is 34.8 Å². The van der Waals surface area contributed by atoms with E-state index in [9.17, 15) is 31.1 Å². The van der Waals surface area contributed by atoms with Gasteiger partial charge < -0.3 is 4.52 Å². The summed E-state index contributed by atoms with van der Waals surface area (Å²) in [6.45, 7) is 0. The Kier molecular flexibility index (Phi) is 3.69. The number of benzene rings is 1. The second kappa shape index (κ2) is 5.35. The van der Waals surface area contributed by atoms with E-state index in [0.717, 1.165) is 6.20 Å². The molecule has 0 bridgehead atoms. The molecule has 1 aliphatic carbocycles. The second-order valence-corrected chi connectivity index (χ2v) is 5.50. The van der Waals surface area contributed by atoms with Gasteiger partial charge in [-0.05, 0) is 31.0 Å². The summed E-state index contributed by atoms with van der Waals surface area (Å²) in [6.07, 6.45) is -7.68. The van der Waals surface area contributed by atoms with E-state index in [-0.39, 0.29) is 23.3 Å². The lowest BCUT2D eigenvalue weighted by atomic mass is 9.99. The minimum Gasteiger partial charge on any atom is -0.356 e. The van der Waals surface area contributed by atoms with Gasteiger partial charge in [0.1, 0.15) is 0 Å². The molecular weight excluding hydrogens is 340 g/mol. The van der Waals surface area contributed by atoms with Crippen molar-refractivity contribution in [2.75, 3.05) is 0 Å². The Labute approximate surface area is 131 Å². The Morgan fingerprint density at radius 1 is 1.00 bits per heavy atom. The Balaban J connectivity index is 2.14. The number of rotatable bonds is 3. The monoisotopic (exact) mass is 349 g/mol. The number of aromatic nitrogens is 1. The van der Waals surface area contributed by atoms with Crippen molar-refractivity contribution >= 4 is 5.78 Å². The minimum atomic E-state index is -4.98. The maximum Gasteiger partial charge on any atom is 0.416 e. The van der Waals surface area contributed by atoms with Gasteiger partial charge in [-0.3, -0.25) is 4.79 Å². The molecule has 9 heteroatoms. The van der Waals surface area contributed by atoms with Gasteiger partial charge in [-0.15, -0.1) is 0 Å². The molecule has 0 amide bonds. The number of alkyl halides is 6. The van der Waals surface area contributed by atoms with E-state index in [4.69, 9.17) is 4.52 Å². The number of hydrogen-bond donors (Lipinski definition) is 0. The SMILES string of the molecule is O=C(c1cnoc1-c1cc(C(F)(F)F)cc(C(F)(F)F)c1)C1CC1. The van der Waals surface area contributed by atoms with Gasteiger partial charge in [-0.2, -0.15) is 26.3 Å². The van der Waals surface area contributed by atoms with Crippen molar-refractivity contribution < 1.29 is 35.7 Å². The van der Waals surface area contributed by atoms with E-state index >= 15 is 0 Å². The molecule has 0 atom stereocenters. The smallest absolute Gasteiger partial charge is 0.356 e. The Bertz CT molecular complexity index is 754. The quantitative estimate of drug-likeness (QED) is 0.580. The van der Waals surface area contributed by atoms with Gasteiger partial charge in [0.25, 0.3) is 0 Å². The van der Waals surface area contributed by atoms with Crippen molar-refractivity contribution in [1.82, 2.24) is 5.16 Å². The minimum absolute atomic E-state index is 0.0161. The van der Waals surface area contributed by atoms with Crippen LogP contribution in [-0.4, -0.2) is 10.9 Å². The summed E-state index contributed by atoms with van der Waals surface area (Å²) < 4.78 is 82.1. The van der Waals surface area contributed by atoms with Crippen LogP contribution < -0.4 is 0 Å². The number of carbonyl (C=O) groups excluding carboxylic acids is 1. The molecule has 128 valence electrons. The molecule has 2 aromatic rings. The van der Waals surface area contributed by atoms with Crippen LogP contribution >= 0.6 is 0 Å². The second-order valence-electron chi connectivity index (χ2n) is 5.50. The summed E-state index contributed by atoms with van der Waals surface area (Å²) in [5.41, 5.74) is -3.55. The summed E-state index contributed by atoms with van der Waals surface area (Å²) in [5.74, 6) is -1.06. The van der Waals surface area contributed by atoms with Gasteiger partial charge in [-0.1, -0.05) is 5.16 Å². The third-order valence-electron chi connectivity index (χ3n) is 3.63. The van der Waals surface area contributed by atoms with Crippen molar-refractivity contribution in [3.63, 3.8) is 0 Å². The number of hydrogen-bond acceptors (Lipinski definition) is 3. The molecule has 0 aliphatic heterocycles. The fourth-order valence-corrected chi connectivity index (χ4v) is 2.27.